The molecule has 0 bridgehead atoms. The van der Waals surface area contributed by atoms with Crippen LogP contribution >= 0.6 is 0 Å². The number of aromatic carboxylic acids is 1. The summed E-state index contributed by atoms with van der Waals surface area (Å²) in [4.78, 5) is 23.0. The van der Waals surface area contributed by atoms with Crippen LogP contribution in [-0.2, 0) is 21.4 Å². The number of rotatable bonds is 6. The molecule has 10 heteroatoms. The van der Waals surface area contributed by atoms with Crippen LogP contribution in [0.25, 0.3) is 0 Å². The van der Waals surface area contributed by atoms with Crippen molar-refractivity contribution in [3.63, 3.8) is 0 Å². The average Bonchev–Trinajstić information content (AvgIpc) is 3.31. The summed E-state index contributed by atoms with van der Waals surface area (Å²) >= 11 is 0. The van der Waals surface area contributed by atoms with Crippen LogP contribution < -0.4 is 5.32 Å². The van der Waals surface area contributed by atoms with Crippen LogP contribution in [0.15, 0.2) is 44.5 Å². The Hall–Kier alpha value is -2.59. The smallest absolute Gasteiger partial charge is 0.371 e. The third-order valence-corrected chi connectivity index (χ3v) is 6.00. The quantitative estimate of drug-likeness (QED) is 0.770. The summed E-state index contributed by atoms with van der Waals surface area (Å²) in [7, 11) is -3.91. The van der Waals surface area contributed by atoms with Crippen molar-refractivity contribution in [2.24, 2.45) is 5.92 Å². The standard InChI is InChI=1S/C16H18N2O7S/c19-15(17-10-12-2-1-9-24-12)11-5-7-18(8-6-11)26(22,23)14-4-3-13(25-14)16(20)21/h1-4,9,11H,5-8,10H2,(H,17,19)(H,20,21). The van der Waals surface area contributed by atoms with E-state index in [0.29, 0.717) is 18.6 Å². The van der Waals surface area contributed by atoms with E-state index < -0.39 is 26.8 Å². The largest absolute Gasteiger partial charge is 0.475 e. The summed E-state index contributed by atoms with van der Waals surface area (Å²) in [5, 5.41) is 11.2. The second-order valence-corrected chi connectivity index (χ2v) is 7.77. The van der Waals surface area contributed by atoms with Crippen molar-refractivity contribution in [2.75, 3.05) is 13.1 Å². The minimum absolute atomic E-state index is 0.149. The van der Waals surface area contributed by atoms with E-state index >= 15 is 0 Å². The van der Waals surface area contributed by atoms with Crippen molar-refractivity contribution >= 4 is 21.9 Å². The first-order valence-corrected chi connectivity index (χ1v) is 9.45. The van der Waals surface area contributed by atoms with Gasteiger partial charge in [0.15, 0.2) is 0 Å². The Morgan fingerprint density at radius 2 is 1.96 bits per heavy atom. The number of nitrogens with one attached hydrogen (secondary N) is 1. The molecule has 26 heavy (non-hydrogen) atoms. The fraction of sp³-hybridized carbons (Fsp3) is 0.375. The van der Waals surface area contributed by atoms with Crippen molar-refractivity contribution in [2.45, 2.75) is 24.5 Å². The van der Waals surface area contributed by atoms with Gasteiger partial charge in [-0.05, 0) is 37.1 Å². The van der Waals surface area contributed by atoms with Crippen LogP contribution in [0.1, 0.15) is 29.2 Å². The number of hydrogen-bond donors (Lipinski definition) is 2. The minimum Gasteiger partial charge on any atom is -0.475 e. The Balaban J connectivity index is 1.56. The topological polar surface area (TPSA) is 130 Å². The molecule has 0 unspecified atom stereocenters. The van der Waals surface area contributed by atoms with Gasteiger partial charge in [-0.2, -0.15) is 4.31 Å². The van der Waals surface area contributed by atoms with Crippen LogP contribution in [0.2, 0.25) is 0 Å². The normalized spacial score (nSPS) is 16.5. The summed E-state index contributed by atoms with van der Waals surface area (Å²) in [6, 6.07) is 5.71. The number of sulfonamides is 1. The highest BCUT2D eigenvalue weighted by molar-refractivity contribution is 7.89. The highest BCUT2D eigenvalue weighted by Crippen LogP contribution is 2.25. The van der Waals surface area contributed by atoms with E-state index in [4.69, 9.17) is 13.9 Å². The lowest BCUT2D eigenvalue weighted by atomic mass is 9.97. The molecule has 1 amide bonds. The van der Waals surface area contributed by atoms with E-state index in [1.165, 1.54) is 10.6 Å². The van der Waals surface area contributed by atoms with Crippen molar-refractivity contribution in [3.05, 3.63) is 42.0 Å². The summed E-state index contributed by atoms with van der Waals surface area (Å²) in [6.07, 6.45) is 2.26. The van der Waals surface area contributed by atoms with E-state index in [-0.39, 0.29) is 31.5 Å². The molecule has 3 heterocycles. The molecule has 1 fully saturated rings. The molecule has 2 aromatic rings. The molecular weight excluding hydrogens is 364 g/mol. The third kappa shape index (κ3) is 3.81. The molecule has 2 aromatic heterocycles. The van der Waals surface area contributed by atoms with E-state index in [9.17, 15) is 18.0 Å². The maximum Gasteiger partial charge on any atom is 0.371 e. The van der Waals surface area contributed by atoms with Gasteiger partial charge < -0.3 is 19.3 Å². The van der Waals surface area contributed by atoms with Crippen LogP contribution in [0.3, 0.4) is 0 Å². The lowest BCUT2D eigenvalue weighted by Gasteiger charge is -2.29. The minimum atomic E-state index is -3.91. The Morgan fingerprint density at radius 3 is 2.54 bits per heavy atom. The number of nitrogens with zero attached hydrogens (tertiary/aromatic N) is 1. The van der Waals surface area contributed by atoms with Crippen LogP contribution in [-0.4, -0.2) is 42.8 Å². The maximum absolute atomic E-state index is 12.5. The summed E-state index contributed by atoms with van der Waals surface area (Å²) < 4.78 is 36.3. The molecule has 9 nitrogen and oxygen atoms in total. The van der Waals surface area contributed by atoms with Crippen LogP contribution in [0.4, 0.5) is 0 Å². The fourth-order valence-corrected chi connectivity index (χ4v) is 4.17. The molecule has 0 radical (unpaired) electrons. The van der Waals surface area contributed by atoms with E-state index in [2.05, 4.69) is 5.32 Å². The molecule has 0 aliphatic carbocycles. The van der Waals surface area contributed by atoms with Crippen molar-refractivity contribution in [1.82, 2.24) is 9.62 Å². The molecule has 0 aromatic carbocycles. The number of furan rings is 2. The number of hydrogen-bond acceptors (Lipinski definition) is 6. The molecule has 0 saturated carbocycles. The number of piperidine rings is 1. The van der Waals surface area contributed by atoms with Crippen molar-refractivity contribution < 1.29 is 31.9 Å². The molecule has 0 spiro atoms. The summed E-state index contributed by atoms with van der Waals surface area (Å²) in [5.74, 6) is -1.56. The fourth-order valence-electron chi connectivity index (χ4n) is 2.79. The molecule has 1 saturated heterocycles. The second kappa shape index (κ2) is 7.34. The van der Waals surface area contributed by atoms with E-state index in [1.54, 1.807) is 12.1 Å². The number of carboxylic acids is 1. The highest BCUT2D eigenvalue weighted by Gasteiger charge is 2.34. The number of carbonyl (C=O) groups excluding carboxylic acids is 1. The third-order valence-electron chi connectivity index (χ3n) is 4.23. The molecule has 0 atom stereocenters. The zero-order valence-electron chi connectivity index (χ0n) is 13.8. The SMILES string of the molecule is O=C(O)c1ccc(S(=O)(=O)N2CCC(C(=O)NCc3ccco3)CC2)o1. The zero-order chi connectivity index (χ0) is 18.7. The summed E-state index contributed by atoms with van der Waals surface area (Å²) in [6.45, 7) is 0.600. The molecule has 1 aliphatic heterocycles. The lowest BCUT2D eigenvalue weighted by Crippen LogP contribution is -2.42. The van der Waals surface area contributed by atoms with Gasteiger partial charge in [0, 0.05) is 19.0 Å². The number of carbonyl (C=O) groups is 2. The average molecular weight is 382 g/mol. The van der Waals surface area contributed by atoms with E-state index in [1.807, 2.05) is 0 Å². The Bertz CT molecular complexity index is 878. The Labute approximate surface area is 149 Å². The predicted molar refractivity (Wildman–Crippen MR) is 87.7 cm³/mol. The molecule has 3 rings (SSSR count). The molecule has 140 valence electrons. The molecule has 2 N–H and O–H groups in total. The molecule has 1 aliphatic rings. The predicted octanol–water partition coefficient (Wildman–Crippen LogP) is 1.29. The van der Waals surface area contributed by atoms with Gasteiger partial charge in [-0.3, -0.25) is 4.79 Å². The van der Waals surface area contributed by atoms with Crippen molar-refractivity contribution in [1.29, 1.82) is 0 Å². The first-order chi connectivity index (χ1) is 12.4. The Kier molecular flexibility index (Phi) is 5.14. The van der Waals surface area contributed by atoms with Crippen LogP contribution in [0.5, 0.6) is 0 Å². The Morgan fingerprint density at radius 1 is 1.23 bits per heavy atom. The maximum atomic E-state index is 12.5. The van der Waals surface area contributed by atoms with Gasteiger partial charge in [-0.15, -0.1) is 0 Å². The second-order valence-electron chi connectivity index (χ2n) is 5.90. The van der Waals surface area contributed by atoms with Gasteiger partial charge in [-0.25, -0.2) is 13.2 Å². The van der Waals surface area contributed by atoms with Gasteiger partial charge in [0.1, 0.15) is 5.76 Å². The molecular formula is C16H18N2O7S. The number of amides is 1. The van der Waals surface area contributed by atoms with Gasteiger partial charge in [0.2, 0.25) is 16.8 Å². The summed E-state index contributed by atoms with van der Waals surface area (Å²) in [5.41, 5.74) is 0. The van der Waals surface area contributed by atoms with Crippen molar-refractivity contribution in [3.8, 4) is 0 Å². The van der Waals surface area contributed by atoms with Gasteiger partial charge in [0.05, 0.1) is 12.8 Å². The lowest BCUT2D eigenvalue weighted by molar-refractivity contribution is -0.126. The highest BCUT2D eigenvalue weighted by atomic mass is 32.2. The monoisotopic (exact) mass is 382 g/mol. The van der Waals surface area contributed by atoms with Gasteiger partial charge >= 0.3 is 5.97 Å². The van der Waals surface area contributed by atoms with Gasteiger partial charge in [0.25, 0.3) is 10.0 Å². The zero-order valence-corrected chi connectivity index (χ0v) is 14.6. The first-order valence-electron chi connectivity index (χ1n) is 8.01. The first kappa shape index (κ1) is 18.2. The van der Waals surface area contributed by atoms with E-state index in [0.717, 1.165) is 12.1 Å². The number of carboxylic acid groups (broad SMARTS) is 1. The van der Waals surface area contributed by atoms with Gasteiger partial charge in [-0.1, -0.05) is 0 Å². The van der Waals surface area contributed by atoms with Crippen LogP contribution in [0, 0.1) is 5.92 Å².